The highest BCUT2D eigenvalue weighted by Crippen LogP contribution is 2.41. The molecule has 0 spiro atoms. The molecule has 0 bridgehead atoms. The van der Waals surface area contributed by atoms with Crippen LogP contribution < -0.4 is 20.5 Å². The van der Waals surface area contributed by atoms with E-state index in [4.69, 9.17) is 9.72 Å². The molecule has 226 valence electrons. The monoisotopic (exact) mass is 615 g/mol. The number of hydrogen-bond donors (Lipinski definition) is 1. The molecule has 48 heavy (non-hydrogen) atoms. The molecule has 0 aliphatic carbocycles. The number of para-hydroxylation sites is 2. The van der Waals surface area contributed by atoms with Gasteiger partial charge >= 0.3 is 0 Å². The molecule has 2 aliphatic rings. The summed E-state index contributed by atoms with van der Waals surface area (Å²) in [6.07, 6.45) is 8.48. The minimum atomic E-state index is 0.772. The number of nitrogens with zero attached hydrogens (tertiary/aromatic N) is 2. The van der Waals surface area contributed by atoms with Crippen molar-refractivity contribution in [2.45, 2.75) is 0 Å². The quantitative estimate of drug-likeness (QED) is 0.216. The van der Waals surface area contributed by atoms with E-state index in [2.05, 4.69) is 143 Å². The van der Waals surface area contributed by atoms with Crippen LogP contribution in [-0.4, -0.2) is 16.1 Å². The van der Waals surface area contributed by atoms with Crippen LogP contribution in [0.2, 0.25) is 0 Å². The van der Waals surface area contributed by atoms with Gasteiger partial charge in [-0.3, -0.25) is 4.98 Å². The summed E-state index contributed by atoms with van der Waals surface area (Å²) in [6, 6.07) is 47.4. The number of ether oxygens (including phenoxy) is 1. The SMILES string of the molecule is C1=Cc2cc3c(cc2Oc2ccccc21)c1ccccc1n3-c1cc(C2=c3ccccc3=CCN2)cc(-c2nccc3ccccc23)c1. The third-order valence-electron chi connectivity index (χ3n) is 9.63. The fourth-order valence-corrected chi connectivity index (χ4v) is 7.41. The van der Waals surface area contributed by atoms with Crippen LogP contribution in [0, 0.1) is 0 Å². The van der Waals surface area contributed by atoms with E-state index in [9.17, 15) is 0 Å². The van der Waals surface area contributed by atoms with Gasteiger partial charge in [-0.1, -0.05) is 103 Å². The highest BCUT2D eigenvalue weighted by molar-refractivity contribution is 6.11. The van der Waals surface area contributed by atoms with Crippen molar-refractivity contribution in [1.82, 2.24) is 14.9 Å². The molecule has 10 rings (SSSR count). The van der Waals surface area contributed by atoms with Gasteiger partial charge in [-0.25, -0.2) is 0 Å². The van der Waals surface area contributed by atoms with Gasteiger partial charge in [0.1, 0.15) is 11.5 Å². The van der Waals surface area contributed by atoms with Crippen LogP contribution in [0.4, 0.5) is 0 Å². The third kappa shape index (κ3) is 4.20. The molecule has 2 aliphatic heterocycles. The second kappa shape index (κ2) is 10.6. The lowest BCUT2D eigenvalue weighted by Crippen LogP contribution is -2.37. The summed E-state index contributed by atoms with van der Waals surface area (Å²) < 4.78 is 8.93. The summed E-state index contributed by atoms with van der Waals surface area (Å²) in [5.74, 6) is 1.72. The van der Waals surface area contributed by atoms with Crippen LogP contribution in [-0.2, 0) is 0 Å². The van der Waals surface area contributed by atoms with Gasteiger partial charge in [0.05, 0.1) is 16.7 Å². The molecule has 0 saturated heterocycles. The third-order valence-corrected chi connectivity index (χ3v) is 9.63. The number of benzene rings is 6. The maximum absolute atomic E-state index is 6.53. The number of aromatic nitrogens is 2. The first-order valence-corrected chi connectivity index (χ1v) is 16.3. The summed E-state index contributed by atoms with van der Waals surface area (Å²) >= 11 is 0. The molecule has 0 radical (unpaired) electrons. The lowest BCUT2D eigenvalue weighted by molar-refractivity contribution is 0.482. The minimum absolute atomic E-state index is 0.772. The molecule has 1 N–H and O–H groups in total. The van der Waals surface area contributed by atoms with E-state index < -0.39 is 0 Å². The van der Waals surface area contributed by atoms with Crippen LogP contribution in [0.15, 0.2) is 140 Å². The topological polar surface area (TPSA) is 39.1 Å². The van der Waals surface area contributed by atoms with E-state index in [1.165, 1.54) is 21.2 Å². The van der Waals surface area contributed by atoms with Crippen molar-refractivity contribution >= 4 is 56.5 Å². The standard InChI is InChI=1S/C44H29N3O/c1-4-12-35-28(9-1)19-21-45-43(35)32-23-33(44-36-13-5-2-10-29(36)20-22-46-44)25-34(24-32)47-39-15-7-6-14-37(39)38-27-42-31(26-40(38)47)18-17-30-11-3-8-16-41(30)48-42/h1-21,23-27,46H,22H2. The summed E-state index contributed by atoms with van der Waals surface area (Å²) in [6.45, 7) is 0.772. The first kappa shape index (κ1) is 26.8. The van der Waals surface area contributed by atoms with E-state index in [0.29, 0.717) is 0 Å². The second-order valence-electron chi connectivity index (χ2n) is 12.4. The van der Waals surface area contributed by atoms with Crippen molar-refractivity contribution in [3.8, 4) is 28.4 Å². The lowest BCUT2D eigenvalue weighted by Gasteiger charge is -2.18. The maximum atomic E-state index is 6.53. The molecule has 2 aromatic heterocycles. The maximum Gasteiger partial charge on any atom is 0.135 e. The van der Waals surface area contributed by atoms with Gasteiger partial charge in [0.2, 0.25) is 0 Å². The molecule has 0 fully saturated rings. The van der Waals surface area contributed by atoms with Crippen LogP contribution in [0.5, 0.6) is 11.5 Å². The summed E-state index contributed by atoms with van der Waals surface area (Å²) in [7, 11) is 0. The Kier molecular flexibility index (Phi) is 5.90. The largest absolute Gasteiger partial charge is 0.456 e. The minimum Gasteiger partial charge on any atom is -0.456 e. The predicted molar refractivity (Wildman–Crippen MR) is 198 cm³/mol. The van der Waals surface area contributed by atoms with Gasteiger partial charge in [-0.05, 0) is 59.1 Å². The Hall–Kier alpha value is -6.39. The van der Waals surface area contributed by atoms with E-state index in [1.54, 1.807) is 0 Å². The molecule has 8 aromatic rings. The fourth-order valence-electron chi connectivity index (χ4n) is 7.41. The molecule has 0 unspecified atom stereocenters. The van der Waals surface area contributed by atoms with Crippen molar-refractivity contribution in [1.29, 1.82) is 0 Å². The molecule has 0 amide bonds. The van der Waals surface area contributed by atoms with Crippen molar-refractivity contribution in [2.24, 2.45) is 0 Å². The Morgan fingerprint density at radius 1 is 0.604 bits per heavy atom. The molecular weight excluding hydrogens is 587 g/mol. The first-order valence-electron chi connectivity index (χ1n) is 16.3. The van der Waals surface area contributed by atoms with Crippen molar-refractivity contribution in [2.75, 3.05) is 6.54 Å². The van der Waals surface area contributed by atoms with Gasteiger partial charge in [0, 0.05) is 67.8 Å². The number of pyridine rings is 1. The predicted octanol–water partition coefficient (Wildman–Crippen LogP) is 8.82. The molecule has 4 nitrogen and oxygen atoms in total. The van der Waals surface area contributed by atoms with Gasteiger partial charge in [-0.2, -0.15) is 0 Å². The van der Waals surface area contributed by atoms with Gasteiger partial charge in [-0.15, -0.1) is 0 Å². The van der Waals surface area contributed by atoms with Crippen LogP contribution >= 0.6 is 0 Å². The zero-order chi connectivity index (χ0) is 31.6. The molecule has 6 aromatic carbocycles. The summed E-state index contributed by atoms with van der Waals surface area (Å²) in [4.78, 5) is 4.97. The highest BCUT2D eigenvalue weighted by Gasteiger charge is 2.20. The Labute approximate surface area is 277 Å². The van der Waals surface area contributed by atoms with Crippen molar-refractivity contribution < 1.29 is 4.74 Å². The van der Waals surface area contributed by atoms with Gasteiger partial charge in [0.25, 0.3) is 0 Å². The molecular formula is C44H29N3O. The van der Waals surface area contributed by atoms with Gasteiger partial charge in [0.15, 0.2) is 0 Å². The number of nitrogens with one attached hydrogen (secondary N) is 1. The highest BCUT2D eigenvalue weighted by atomic mass is 16.5. The number of hydrogen-bond acceptors (Lipinski definition) is 3. The zero-order valence-corrected chi connectivity index (χ0v) is 26.0. The Morgan fingerprint density at radius 2 is 1.40 bits per heavy atom. The lowest BCUT2D eigenvalue weighted by atomic mass is 9.98. The van der Waals surface area contributed by atoms with Crippen LogP contribution in [0.1, 0.15) is 16.7 Å². The van der Waals surface area contributed by atoms with Crippen molar-refractivity contribution in [3.63, 3.8) is 0 Å². The average molecular weight is 616 g/mol. The normalized spacial score (nSPS) is 13.3. The Morgan fingerprint density at radius 3 is 2.38 bits per heavy atom. The van der Waals surface area contributed by atoms with E-state index in [1.807, 2.05) is 24.4 Å². The molecule has 4 heteroatoms. The fraction of sp³-hybridized carbons (Fsp3) is 0.0227. The van der Waals surface area contributed by atoms with Crippen LogP contribution in [0.25, 0.3) is 73.4 Å². The molecule has 0 saturated carbocycles. The molecule has 4 heterocycles. The number of fused-ring (bicyclic) bond motifs is 7. The second-order valence-corrected chi connectivity index (χ2v) is 12.4. The van der Waals surface area contributed by atoms with E-state index in [-0.39, 0.29) is 0 Å². The first-order chi connectivity index (χ1) is 23.8. The zero-order valence-electron chi connectivity index (χ0n) is 26.0. The van der Waals surface area contributed by atoms with Crippen molar-refractivity contribution in [3.05, 3.63) is 167 Å². The smallest absolute Gasteiger partial charge is 0.135 e. The number of rotatable bonds is 3. The van der Waals surface area contributed by atoms with E-state index in [0.717, 1.165) is 79.2 Å². The Balaban J connectivity index is 1.29. The molecule has 0 atom stereocenters. The Bertz CT molecular complexity index is 2760. The van der Waals surface area contributed by atoms with Gasteiger partial charge < -0.3 is 14.6 Å². The van der Waals surface area contributed by atoms with E-state index >= 15 is 0 Å². The summed E-state index contributed by atoms with van der Waals surface area (Å²) in [5.41, 5.74) is 9.74. The summed E-state index contributed by atoms with van der Waals surface area (Å²) in [5, 5.41) is 10.8. The average Bonchev–Trinajstić information content (AvgIpc) is 3.34. The van der Waals surface area contributed by atoms with Crippen LogP contribution in [0.3, 0.4) is 0 Å².